The molecule has 27 heavy (non-hydrogen) atoms. The summed E-state index contributed by atoms with van der Waals surface area (Å²) in [6.07, 6.45) is 4.04. The molecule has 3 N–H and O–H groups in total. The molecule has 3 heterocycles. The number of hydrogen-bond acceptors (Lipinski definition) is 6. The second kappa shape index (κ2) is 7.89. The van der Waals surface area contributed by atoms with Crippen molar-refractivity contribution in [1.82, 2.24) is 24.6 Å². The molecule has 0 radical (unpaired) electrons. The summed E-state index contributed by atoms with van der Waals surface area (Å²) >= 11 is 0. The Bertz CT molecular complexity index is 944. The van der Waals surface area contributed by atoms with Gasteiger partial charge in [-0.2, -0.15) is 10.1 Å². The molecule has 1 saturated heterocycles. The lowest BCUT2D eigenvalue weighted by atomic mass is 10.1. The predicted octanol–water partition coefficient (Wildman–Crippen LogP) is 1.37. The Morgan fingerprint density at radius 3 is 2.78 bits per heavy atom. The van der Waals surface area contributed by atoms with E-state index in [4.69, 9.17) is 0 Å². The summed E-state index contributed by atoms with van der Waals surface area (Å²) < 4.78 is 1.68. The number of hydrogen-bond donors (Lipinski definition) is 3. The minimum Gasteiger partial charge on any atom is -0.393 e. The van der Waals surface area contributed by atoms with Crippen LogP contribution >= 0.6 is 0 Å². The van der Waals surface area contributed by atoms with Crippen LogP contribution in [0.25, 0.3) is 16.7 Å². The van der Waals surface area contributed by atoms with Gasteiger partial charge in [0.05, 0.1) is 18.0 Å². The summed E-state index contributed by atoms with van der Waals surface area (Å²) in [6, 6.07) is 9.64. The molecule has 142 valence electrons. The summed E-state index contributed by atoms with van der Waals surface area (Å²) in [4.78, 5) is 22.0. The van der Waals surface area contributed by atoms with Gasteiger partial charge in [0.1, 0.15) is 5.39 Å². The zero-order valence-electron chi connectivity index (χ0n) is 15.1. The molecule has 1 fully saturated rings. The fraction of sp³-hybridized carbons (Fsp3) is 0.421. The number of rotatable bonds is 6. The number of para-hydroxylation sites is 1. The monoisotopic (exact) mass is 368 g/mol. The highest BCUT2D eigenvalue weighted by Crippen LogP contribution is 2.14. The number of benzene rings is 1. The van der Waals surface area contributed by atoms with Gasteiger partial charge in [-0.25, -0.2) is 4.68 Å². The summed E-state index contributed by atoms with van der Waals surface area (Å²) in [6.45, 7) is 3.57. The molecule has 0 bridgehead atoms. The van der Waals surface area contributed by atoms with Crippen LogP contribution in [0.5, 0.6) is 0 Å². The molecule has 0 amide bonds. The number of aromatic nitrogens is 4. The van der Waals surface area contributed by atoms with Gasteiger partial charge in [-0.05, 0) is 37.9 Å². The molecule has 3 aromatic rings. The fourth-order valence-electron chi connectivity index (χ4n) is 3.41. The quantitative estimate of drug-likeness (QED) is 0.569. The second-order valence-corrected chi connectivity index (χ2v) is 6.90. The van der Waals surface area contributed by atoms with Crippen LogP contribution in [0, 0.1) is 0 Å². The normalized spacial score (nSPS) is 16.0. The third-order valence-corrected chi connectivity index (χ3v) is 4.94. The van der Waals surface area contributed by atoms with Crippen molar-refractivity contribution in [2.75, 3.05) is 31.5 Å². The first-order valence-corrected chi connectivity index (χ1v) is 9.38. The van der Waals surface area contributed by atoms with Crippen molar-refractivity contribution in [2.45, 2.75) is 25.4 Å². The standard InChI is InChI=1S/C19H24N6O2/c26-15-7-11-24(12-8-15)10-4-9-20-19-22-17-16(18(27)23-19)13-21-25(17)14-5-2-1-3-6-14/h1-3,5-6,13,15,26H,4,7-12H2,(H2,20,22,23,27). The highest BCUT2D eigenvalue weighted by atomic mass is 16.3. The number of nitrogens with one attached hydrogen (secondary N) is 2. The van der Waals surface area contributed by atoms with E-state index in [1.807, 2.05) is 30.3 Å². The largest absolute Gasteiger partial charge is 0.393 e. The maximum Gasteiger partial charge on any atom is 0.263 e. The van der Waals surface area contributed by atoms with Crippen molar-refractivity contribution in [2.24, 2.45) is 0 Å². The average molecular weight is 368 g/mol. The summed E-state index contributed by atoms with van der Waals surface area (Å²) in [5.41, 5.74) is 1.20. The van der Waals surface area contributed by atoms with Crippen LogP contribution in [0.3, 0.4) is 0 Å². The SMILES string of the molecule is O=c1[nH]c(NCCCN2CCC(O)CC2)nc2c1cnn2-c1ccccc1. The van der Waals surface area contributed by atoms with E-state index >= 15 is 0 Å². The van der Waals surface area contributed by atoms with Crippen molar-refractivity contribution < 1.29 is 5.11 Å². The molecule has 1 aromatic carbocycles. The molecule has 1 aliphatic rings. The van der Waals surface area contributed by atoms with Gasteiger partial charge in [0.2, 0.25) is 5.95 Å². The lowest BCUT2D eigenvalue weighted by Crippen LogP contribution is -2.36. The minimum atomic E-state index is -0.199. The molecule has 4 rings (SSSR count). The van der Waals surface area contributed by atoms with Gasteiger partial charge in [0.25, 0.3) is 5.56 Å². The molecule has 2 aromatic heterocycles. The van der Waals surface area contributed by atoms with Crippen LogP contribution in [-0.4, -0.2) is 62.0 Å². The van der Waals surface area contributed by atoms with E-state index in [9.17, 15) is 9.90 Å². The fourth-order valence-corrected chi connectivity index (χ4v) is 3.41. The van der Waals surface area contributed by atoms with E-state index in [1.165, 1.54) is 0 Å². The lowest BCUT2D eigenvalue weighted by molar-refractivity contribution is 0.0825. The predicted molar refractivity (Wildman–Crippen MR) is 104 cm³/mol. The Balaban J connectivity index is 1.42. The van der Waals surface area contributed by atoms with Crippen LogP contribution in [-0.2, 0) is 0 Å². The van der Waals surface area contributed by atoms with Crippen LogP contribution < -0.4 is 10.9 Å². The van der Waals surface area contributed by atoms with Crippen molar-refractivity contribution in [3.8, 4) is 5.69 Å². The number of nitrogens with zero attached hydrogens (tertiary/aromatic N) is 4. The first-order valence-electron chi connectivity index (χ1n) is 9.38. The van der Waals surface area contributed by atoms with E-state index in [-0.39, 0.29) is 11.7 Å². The molecule has 0 unspecified atom stereocenters. The van der Waals surface area contributed by atoms with Gasteiger partial charge in [-0.3, -0.25) is 9.78 Å². The Labute approximate surface area is 156 Å². The van der Waals surface area contributed by atoms with Gasteiger partial charge in [0.15, 0.2) is 5.65 Å². The number of aromatic amines is 1. The van der Waals surface area contributed by atoms with Crippen LogP contribution in [0.15, 0.2) is 41.3 Å². The summed E-state index contributed by atoms with van der Waals surface area (Å²) in [5, 5.41) is 17.5. The molecular formula is C19H24N6O2. The summed E-state index contributed by atoms with van der Waals surface area (Å²) in [5.74, 6) is 0.458. The maximum atomic E-state index is 12.3. The van der Waals surface area contributed by atoms with E-state index in [0.717, 1.165) is 44.6 Å². The molecule has 0 saturated carbocycles. The molecule has 0 atom stereocenters. The Kier molecular flexibility index (Phi) is 5.17. The summed E-state index contributed by atoms with van der Waals surface area (Å²) in [7, 11) is 0. The van der Waals surface area contributed by atoms with E-state index in [0.29, 0.717) is 23.5 Å². The van der Waals surface area contributed by atoms with Crippen LogP contribution in [0.1, 0.15) is 19.3 Å². The van der Waals surface area contributed by atoms with Gasteiger partial charge in [0, 0.05) is 19.6 Å². The van der Waals surface area contributed by atoms with Gasteiger partial charge in [-0.1, -0.05) is 18.2 Å². The Morgan fingerprint density at radius 2 is 2.00 bits per heavy atom. The Hall–Kier alpha value is -2.71. The first kappa shape index (κ1) is 17.7. The number of likely N-dealkylation sites (tertiary alicyclic amines) is 1. The van der Waals surface area contributed by atoms with Crippen molar-refractivity contribution in [1.29, 1.82) is 0 Å². The number of H-pyrrole nitrogens is 1. The smallest absolute Gasteiger partial charge is 0.263 e. The van der Waals surface area contributed by atoms with E-state index in [1.54, 1.807) is 10.9 Å². The van der Waals surface area contributed by atoms with Crippen molar-refractivity contribution in [3.05, 3.63) is 46.9 Å². The number of aliphatic hydroxyl groups excluding tert-OH is 1. The topological polar surface area (TPSA) is 99.1 Å². The molecule has 8 nitrogen and oxygen atoms in total. The van der Waals surface area contributed by atoms with E-state index < -0.39 is 0 Å². The van der Waals surface area contributed by atoms with E-state index in [2.05, 4.69) is 25.3 Å². The third kappa shape index (κ3) is 4.01. The zero-order valence-corrected chi connectivity index (χ0v) is 15.1. The number of fused-ring (bicyclic) bond motifs is 1. The van der Waals surface area contributed by atoms with Crippen molar-refractivity contribution in [3.63, 3.8) is 0 Å². The maximum absolute atomic E-state index is 12.3. The molecular weight excluding hydrogens is 344 g/mol. The zero-order chi connectivity index (χ0) is 18.6. The number of aliphatic hydroxyl groups is 1. The lowest BCUT2D eigenvalue weighted by Gasteiger charge is -2.29. The van der Waals surface area contributed by atoms with Gasteiger partial charge in [-0.15, -0.1) is 0 Å². The third-order valence-electron chi connectivity index (χ3n) is 4.94. The second-order valence-electron chi connectivity index (χ2n) is 6.90. The molecule has 8 heteroatoms. The molecule has 0 spiro atoms. The highest BCUT2D eigenvalue weighted by Gasteiger charge is 2.16. The average Bonchev–Trinajstić information content (AvgIpc) is 3.12. The van der Waals surface area contributed by atoms with Crippen LogP contribution in [0.4, 0.5) is 5.95 Å². The van der Waals surface area contributed by atoms with Gasteiger partial charge < -0.3 is 15.3 Å². The number of anilines is 1. The van der Waals surface area contributed by atoms with Gasteiger partial charge >= 0.3 is 0 Å². The Morgan fingerprint density at radius 1 is 1.22 bits per heavy atom. The highest BCUT2D eigenvalue weighted by molar-refractivity contribution is 5.76. The van der Waals surface area contributed by atoms with Crippen molar-refractivity contribution >= 4 is 17.0 Å². The van der Waals surface area contributed by atoms with Crippen LogP contribution in [0.2, 0.25) is 0 Å². The molecule has 1 aliphatic heterocycles. The molecule has 0 aliphatic carbocycles. The number of piperidine rings is 1. The minimum absolute atomic E-state index is 0.144. The first-order chi connectivity index (χ1) is 13.2.